The summed E-state index contributed by atoms with van der Waals surface area (Å²) in [6.07, 6.45) is 4.44. The summed E-state index contributed by atoms with van der Waals surface area (Å²) < 4.78 is 13.0. The van der Waals surface area contributed by atoms with E-state index in [4.69, 9.17) is 5.73 Å². The van der Waals surface area contributed by atoms with Crippen molar-refractivity contribution in [3.8, 4) is 0 Å². The maximum Gasteiger partial charge on any atom is 0.123 e. The first kappa shape index (κ1) is 12.5. The van der Waals surface area contributed by atoms with Crippen LogP contribution < -0.4 is 5.73 Å². The molecule has 2 N–H and O–H groups in total. The van der Waals surface area contributed by atoms with Crippen molar-refractivity contribution in [3.05, 3.63) is 35.6 Å². The van der Waals surface area contributed by atoms with Crippen molar-refractivity contribution in [1.29, 1.82) is 0 Å². The van der Waals surface area contributed by atoms with Gasteiger partial charge in [-0.1, -0.05) is 18.6 Å². The van der Waals surface area contributed by atoms with Crippen LogP contribution in [0.15, 0.2) is 24.3 Å². The van der Waals surface area contributed by atoms with Crippen LogP contribution in [0, 0.1) is 5.82 Å². The smallest absolute Gasteiger partial charge is 0.123 e. The van der Waals surface area contributed by atoms with Crippen LogP contribution in [0.5, 0.6) is 0 Å². The minimum absolute atomic E-state index is 0. The van der Waals surface area contributed by atoms with Crippen molar-refractivity contribution >= 4 is 12.4 Å². The zero-order chi connectivity index (χ0) is 9.97. The highest BCUT2D eigenvalue weighted by atomic mass is 35.5. The zero-order valence-corrected chi connectivity index (χ0v) is 9.47. The predicted molar refractivity (Wildman–Crippen MR) is 62.8 cm³/mol. The van der Waals surface area contributed by atoms with Gasteiger partial charge in [0.25, 0.3) is 0 Å². The first-order chi connectivity index (χ1) is 6.75. The third-order valence-corrected chi connectivity index (χ3v) is 3.03. The lowest BCUT2D eigenvalue weighted by Crippen LogP contribution is -2.26. The third-order valence-electron chi connectivity index (χ3n) is 3.03. The summed E-state index contributed by atoms with van der Waals surface area (Å²) in [6.45, 7) is 0. The monoisotopic (exact) mass is 229 g/mol. The molecule has 84 valence electrons. The Morgan fingerprint density at radius 1 is 1.27 bits per heavy atom. The normalized spacial score (nSPS) is 25.7. The summed E-state index contributed by atoms with van der Waals surface area (Å²) in [7, 11) is 0. The Morgan fingerprint density at radius 3 is 2.73 bits per heavy atom. The molecule has 1 aliphatic carbocycles. The average Bonchev–Trinajstić information content (AvgIpc) is 2.18. The highest BCUT2D eigenvalue weighted by Crippen LogP contribution is 2.32. The fraction of sp³-hybridized carbons (Fsp3) is 0.500. The minimum atomic E-state index is -0.137. The number of halogens is 2. The van der Waals surface area contributed by atoms with E-state index in [1.54, 1.807) is 12.1 Å². The Kier molecular flexibility index (Phi) is 4.55. The zero-order valence-electron chi connectivity index (χ0n) is 8.66. The molecule has 0 radical (unpaired) electrons. The SMILES string of the molecule is Cl.N[C@@H]1CCC[C@H](c2cccc(F)c2)C1. The quantitative estimate of drug-likeness (QED) is 0.786. The molecule has 1 saturated carbocycles. The largest absolute Gasteiger partial charge is 0.328 e. The topological polar surface area (TPSA) is 26.0 Å². The Bertz CT molecular complexity index is 316. The molecule has 0 aromatic heterocycles. The van der Waals surface area contributed by atoms with Crippen LogP contribution >= 0.6 is 12.4 Å². The van der Waals surface area contributed by atoms with Crippen LogP contribution in [0.2, 0.25) is 0 Å². The van der Waals surface area contributed by atoms with Crippen molar-refractivity contribution in [1.82, 2.24) is 0 Å². The van der Waals surface area contributed by atoms with Crippen LogP contribution in [-0.2, 0) is 0 Å². The number of nitrogens with two attached hydrogens (primary N) is 1. The molecule has 1 aromatic rings. The lowest BCUT2D eigenvalue weighted by atomic mass is 9.82. The lowest BCUT2D eigenvalue weighted by molar-refractivity contribution is 0.392. The minimum Gasteiger partial charge on any atom is -0.328 e. The molecule has 0 saturated heterocycles. The molecule has 0 unspecified atom stereocenters. The van der Waals surface area contributed by atoms with Crippen LogP contribution in [0.4, 0.5) is 4.39 Å². The van der Waals surface area contributed by atoms with Gasteiger partial charge in [-0.3, -0.25) is 0 Å². The number of rotatable bonds is 1. The maximum absolute atomic E-state index is 13.0. The molecule has 0 amide bonds. The van der Waals surface area contributed by atoms with E-state index in [9.17, 15) is 4.39 Å². The summed E-state index contributed by atoms with van der Waals surface area (Å²) in [5.41, 5.74) is 7.02. The second kappa shape index (κ2) is 5.47. The molecule has 0 heterocycles. The van der Waals surface area contributed by atoms with Gasteiger partial charge in [-0.25, -0.2) is 4.39 Å². The van der Waals surface area contributed by atoms with Gasteiger partial charge in [0.2, 0.25) is 0 Å². The molecule has 2 rings (SSSR count). The van der Waals surface area contributed by atoms with Gasteiger partial charge >= 0.3 is 0 Å². The van der Waals surface area contributed by atoms with E-state index >= 15 is 0 Å². The molecule has 1 fully saturated rings. The van der Waals surface area contributed by atoms with Crippen molar-refractivity contribution in [2.45, 2.75) is 37.6 Å². The summed E-state index contributed by atoms with van der Waals surface area (Å²) in [4.78, 5) is 0. The predicted octanol–water partition coefficient (Wildman–Crippen LogP) is 3.23. The first-order valence-electron chi connectivity index (χ1n) is 5.27. The Hall–Kier alpha value is -0.600. The number of benzene rings is 1. The Balaban J connectivity index is 0.00000112. The highest BCUT2D eigenvalue weighted by Gasteiger charge is 2.20. The van der Waals surface area contributed by atoms with Crippen LogP contribution in [0.25, 0.3) is 0 Å². The molecule has 0 aliphatic heterocycles. The van der Waals surface area contributed by atoms with Crippen LogP contribution in [-0.4, -0.2) is 6.04 Å². The maximum atomic E-state index is 13.0. The van der Waals surface area contributed by atoms with E-state index < -0.39 is 0 Å². The van der Waals surface area contributed by atoms with Crippen molar-refractivity contribution in [2.24, 2.45) is 5.73 Å². The summed E-state index contributed by atoms with van der Waals surface area (Å²) >= 11 is 0. The van der Waals surface area contributed by atoms with E-state index in [-0.39, 0.29) is 18.2 Å². The van der Waals surface area contributed by atoms with Crippen molar-refractivity contribution in [2.75, 3.05) is 0 Å². The summed E-state index contributed by atoms with van der Waals surface area (Å²) in [5.74, 6) is 0.330. The van der Waals surface area contributed by atoms with Gasteiger partial charge in [-0.05, 0) is 42.9 Å². The van der Waals surface area contributed by atoms with Crippen molar-refractivity contribution in [3.63, 3.8) is 0 Å². The van der Waals surface area contributed by atoms with E-state index in [1.165, 1.54) is 12.5 Å². The molecule has 0 bridgehead atoms. The first-order valence-corrected chi connectivity index (χ1v) is 5.27. The molecular weight excluding hydrogens is 213 g/mol. The van der Waals surface area contributed by atoms with Gasteiger partial charge in [0.05, 0.1) is 0 Å². The van der Waals surface area contributed by atoms with Crippen molar-refractivity contribution < 1.29 is 4.39 Å². The molecule has 1 aliphatic rings. The fourth-order valence-corrected chi connectivity index (χ4v) is 2.29. The molecule has 0 spiro atoms. The molecule has 1 aromatic carbocycles. The summed E-state index contributed by atoms with van der Waals surface area (Å²) in [5, 5.41) is 0. The number of hydrogen-bond donors (Lipinski definition) is 1. The van der Waals surface area contributed by atoms with Gasteiger partial charge < -0.3 is 5.73 Å². The Labute approximate surface area is 96.3 Å². The van der Waals surface area contributed by atoms with Crippen LogP contribution in [0.1, 0.15) is 37.2 Å². The van der Waals surface area contributed by atoms with E-state index in [1.807, 2.05) is 6.07 Å². The van der Waals surface area contributed by atoms with Gasteiger partial charge in [-0.2, -0.15) is 0 Å². The van der Waals surface area contributed by atoms with E-state index in [2.05, 4.69) is 0 Å². The fourth-order valence-electron chi connectivity index (χ4n) is 2.29. The number of hydrogen-bond acceptors (Lipinski definition) is 1. The Morgan fingerprint density at radius 2 is 2.07 bits per heavy atom. The molecule has 1 nitrogen and oxygen atoms in total. The highest BCUT2D eigenvalue weighted by molar-refractivity contribution is 5.85. The van der Waals surface area contributed by atoms with E-state index in [0.29, 0.717) is 12.0 Å². The molecular formula is C12H17ClFN. The van der Waals surface area contributed by atoms with E-state index in [0.717, 1.165) is 24.8 Å². The molecule has 3 heteroatoms. The lowest BCUT2D eigenvalue weighted by Gasteiger charge is -2.26. The second-order valence-electron chi connectivity index (χ2n) is 4.18. The third kappa shape index (κ3) is 3.18. The van der Waals surface area contributed by atoms with Gasteiger partial charge in [0.1, 0.15) is 5.82 Å². The summed E-state index contributed by atoms with van der Waals surface area (Å²) in [6, 6.07) is 7.22. The van der Waals surface area contributed by atoms with Gasteiger partial charge in [0.15, 0.2) is 0 Å². The van der Waals surface area contributed by atoms with Crippen LogP contribution in [0.3, 0.4) is 0 Å². The second-order valence-corrected chi connectivity index (χ2v) is 4.18. The molecule has 2 atom stereocenters. The van der Waals surface area contributed by atoms with Gasteiger partial charge in [-0.15, -0.1) is 12.4 Å². The molecule has 15 heavy (non-hydrogen) atoms. The van der Waals surface area contributed by atoms with Gasteiger partial charge in [0, 0.05) is 6.04 Å². The average molecular weight is 230 g/mol. The standard InChI is InChI=1S/C12H16FN.ClH/c13-11-5-1-3-9(7-11)10-4-2-6-12(14)8-10;/h1,3,5,7,10,12H,2,4,6,8,14H2;1H/t10-,12+;/m0./s1.